The number of pyridine rings is 1. The van der Waals surface area contributed by atoms with Crippen LogP contribution in [-0.2, 0) is 0 Å². The Kier molecular flexibility index (Phi) is 4.62. The van der Waals surface area contributed by atoms with Crippen molar-refractivity contribution in [2.24, 2.45) is 5.92 Å². The van der Waals surface area contributed by atoms with E-state index in [1.54, 1.807) is 6.20 Å². The number of carbonyl (C=O) groups is 1. The molecule has 1 aliphatic carbocycles. The molecule has 1 saturated carbocycles. The van der Waals surface area contributed by atoms with E-state index in [-0.39, 0.29) is 18.1 Å². The Hall–Kier alpha value is -1.62. The van der Waals surface area contributed by atoms with Crippen molar-refractivity contribution in [3.05, 3.63) is 23.9 Å². The summed E-state index contributed by atoms with van der Waals surface area (Å²) in [5.74, 6) is 1.52. The third kappa shape index (κ3) is 3.40. The minimum atomic E-state index is -0.293. The molecule has 2 N–H and O–H groups in total. The van der Waals surface area contributed by atoms with Gasteiger partial charge in [0.05, 0.1) is 17.7 Å². The second-order valence-corrected chi connectivity index (χ2v) is 6.66. The van der Waals surface area contributed by atoms with Gasteiger partial charge < -0.3 is 15.3 Å². The Labute approximate surface area is 131 Å². The number of likely N-dealkylation sites (tertiary alicyclic amines) is 1. The average Bonchev–Trinajstić information content (AvgIpc) is 2.93. The molecular weight excluding hydrogens is 278 g/mol. The molecule has 1 saturated heterocycles. The van der Waals surface area contributed by atoms with E-state index in [1.807, 2.05) is 17.0 Å². The number of anilines is 1. The number of piperidine rings is 1. The fourth-order valence-corrected chi connectivity index (χ4v) is 3.30. The lowest BCUT2D eigenvalue weighted by Crippen LogP contribution is -2.38. The van der Waals surface area contributed by atoms with Gasteiger partial charge in [0.15, 0.2) is 0 Å². The van der Waals surface area contributed by atoms with Crippen molar-refractivity contribution in [2.45, 2.75) is 51.2 Å². The summed E-state index contributed by atoms with van der Waals surface area (Å²) in [7, 11) is 0. The molecule has 1 aromatic rings. The molecule has 2 atom stereocenters. The van der Waals surface area contributed by atoms with E-state index in [0.717, 1.165) is 51.0 Å². The zero-order chi connectivity index (χ0) is 15.5. The second kappa shape index (κ2) is 6.65. The van der Waals surface area contributed by atoms with Crippen LogP contribution in [0.3, 0.4) is 0 Å². The summed E-state index contributed by atoms with van der Waals surface area (Å²) in [6.45, 7) is 3.92. The quantitative estimate of drug-likeness (QED) is 0.899. The number of aliphatic hydroxyl groups is 1. The van der Waals surface area contributed by atoms with E-state index in [4.69, 9.17) is 0 Å². The van der Waals surface area contributed by atoms with Crippen LogP contribution < -0.4 is 5.32 Å². The van der Waals surface area contributed by atoms with Crippen LogP contribution in [0.5, 0.6) is 0 Å². The fraction of sp³-hybridized carbons (Fsp3) is 0.647. The summed E-state index contributed by atoms with van der Waals surface area (Å²) in [5.41, 5.74) is 0.645. The summed E-state index contributed by atoms with van der Waals surface area (Å²) in [6, 6.07) is 3.75. The first-order chi connectivity index (χ1) is 10.6. The average molecular weight is 303 g/mol. The Bertz CT molecular complexity index is 509. The van der Waals surface area contributed by atoms with E-state index in [9.17, 15) is 9.90 Å². The molecule has 2 fully saturated rings. The standard InChI is InChI=1S/C17H25N3O2/c1-12-7-9-20(10-8-12)17(22)13-5-6-16(18-11-13)19-14-3-2-4-15(14)21/h5-6,11-12,14-15,21H,2-4,7-10H2,1H3,(H,18,19)/t14-,15-/m0/s1. The first-order valence-corrected chi connectivity index (χ1v) is 8.33. The predicted octanol–water partition coefficient (Wildman–Crippen LogP) is 2.28. The van der Waals surface area contributed by atoms with Gasteiger partial charge in [0.25, 0.3) is 5.91 Å². The van der Waals surface area contributed by atoms with Crippen LogP contribution in [0, 0.1) is 5.92 Å². The van der Waals surface area contributed by atoms with E-state index in [1.165, 1.54) is 0 Å². The van der Waals surface area contributed by atoms with Crippen molar-refractivity contribution in [2.75, 3.05) is 18.4 Å². The highest BCUT2D eigenvalue weighted by atomic mass is 16.3. The molecule has 1 aromatic heterocycles. The number of aromatic nitrogens is 1. The van der Waals surface area contributed by atoms with Gasteiger partial charge in [-0.15, -0.1) is 0 Å². The number of amides is 1. The van der Waals surface area contributed by atoms with Crippen molar-refractivity contribution in [3.63, 3.8) is 0 Å². The van der Waals surface area contributed by atoms with E-state index < -0.39 is 0 Å². The monoisotopic (exact) mass is 303 g/mol. The molecule has 3 rings (SSSR count). The van der Waals surface area contributed by atoms with Gasteiger partial charge in [0, 0.05) is 19.3 Å². The summed E-state index contributed by atoms with van der Waals surface area (Å²) in [6.07, 6.45) is 6.37. The third-order valence-corrected chi connectivity index (χ3v) is 4.89. The number of rotatable bonds is 3. The van der Waals surface area contributed by atoms with Crippen LogP contribution in [0.15, 0.2) is 18.3 Å². The molecule has 5 nitrogen and oxygen atoms in total. The summed E-state index contributed by atoms with van der Waals surface area (Å²) >= 11 is 0. The van der Waals surface area contributed by atoms with E-state index in [2.05, 4.69) is 17.2 Å². The maximum absolute atomic E-state index is 12.4. The Balaban J connectivity index is 1.60. The van der Waals surface area contributed by atoms with Gasteiger partial charge in [-0.25, -0.2) is 4.98 Å². The van der Waals surface area contributed by atoms with Gasteiger partial charge in [-0.1, -0.05) is 6.92 Å². The number of hydrogen-bond acceptors (Lipinski definition) is 4. The highest BCUT2D eigenvalue weighted by Gasteiger charge is 2.25. The highest BCUT2D eigenvalue weighted by molar-refractivity contribution is 5.94. The molecule has 120 valence electrons. The molecule has 0 spiro atoms. The molecular formula is C17H25N3O2. The van der Waals surface area contributed by atoms with Crippen molar-refractivity contribution in [1.29, 1.82) is 0 Å². The molecule has 5 heteroatoms. The largest absolute Gasteiger partial charge is 0.391 e. The predicted molar refractivity (Wildman–Crippen MR) is 85.8 cm³/mol. The maximum Gasteiger partial charge on any atom is 0.255 e. The van der Waals surface area contributed by atoms with Crippen LogP contribution >= 0.6 is 0 Å². The van der Waals surface area contributed by atoms with Crippen molar-refractivity contribution >= 4 is 11.7 Å². The minimum absolute atomic E-state index is 0.0758. The van der Waals surface area contributed by atoms with Gasteiger partial charge in [0.2, 0.25) is 0 Å². The van der Waals surface area contributed by atoms with E-state index >= 15 is 0 Å². The molecule has 2 heterocycles. The number of aliphatic hydroxyl groups excluding tert-OH is 1. The molecule has 0 unspecified atom stereocenters. The molecule has 0 bridgehead atoms. The maximum atomic E-state index is 12.4. The Morgan fingerprint density at radius 2 is 2.05 bits per heavy atom. The zero-order valence-electron chi connectivity index (χ0n) is 13.2. The summed E-state index contributed by atoms with van der Waals surface area (Å²) in [4.78, 5) is 18.7. The molecule has 1 amide bonds. The van der Waals surface area contributed by atoms with Crippen molar-refractivity contribution in [3.8, 4) is 0 Å². The molecule has 0 aromatic carbocycles. The van der Waals surface area contributed by atoms with Gasteiger partial charge in [-0.2, -0.15) is 0 Å². The molecule has 0 radical (unpaired) electrons. The number of nitrogens with one attached hydrogen (secondary N) is 1. The molecule has 22 heavy (non-hydrogen) atoms. The van der Waals surface area contributed by atoms with Crippen molar-refractivity contribution in [1.82, 2.24) is 9.88 Å². The highest BCUT2D eigenvalue weighted by Crippen LogP contribution is 2.23. The van der Waals surface area contributed by atoms with Gasteiger partial charge in [-0.05, 0) is 50.2 Å². The summed E-state index contributed by atoms with van der Waals surface area (Å²) < 4.78 is 0. The van der Waals surface area contributed by atoms with Gasteiger partial charge in [0.1, 0.15) is 5.82 Å². The van der Waals surface area contributed by atoms with Crippen LogP contribution in [0.1, 0.15) is 49.4 Å². The smallest absolute Gasteiger partial charge is 0.255 e. The minimum Gasteiger partial charge on any atom is -0.391 e. The lowest BCUT2D eigenvalue weighted by atomic mass is 9.99. The van der Waals surface area contributed by atoms with Gasteiger partial charge in [-0.3, -0.25) is 4.79 Å². The summed E-state index contributed by atoms with van der Waals surface area (Å²) in [5, 5.41) is 13.1. The normalized spacial score (nSPS) is 26.2. The van der Waals surface area contributed by atoms with Crippen molar-refractivity contribution < 1.29 is 9.90 Å². The SMILES string of the molecule is CC1CCN(C(=O)c2ccc(N[C@H]3CCC[C@@H]3O)nc2)CC1. The number of hydrogen-bond donors (Lipinski definition) is 2. The zero-order valence-corrected chi connectivity index (χ0v) is 13.2. The number of carbonyl (C=O) groups excluding carboxylic acids is 1. The topological polar surface area (TPSA) is 65.5 Å². The van der Waals surface area contributed by atoms with E-state index in [0.29, 0.717) is 11.5 Å². The third-order valence-electron chi connectivity index (χ3n) is 4.89. The molecule has 2 aliphatic rings. The van der Waals surface area contributed by atoms with Gasteiger partial charge >= 0.3 is 0 Å². The lowest BCUT2D eigenvalue weighted by Gasteiger charge is -2.30. The van der Waals surface area contributed by atoms with Crippen LogP contribution in [0.25, 0.3) is 0 Å². The fourth-order valence-electron chi connectivity index (χ4n) is 3.30. The van der Waals surface area contributed by atoms with Crippen LogP contribution in [0.4, 0.5) is 5.82 Å². The van der Waals surface area contributed by atoms with Crippen LogP contribution in [0.2, 0.25) is 0 Å². The molecule has 1 aliphatic heterocycles. The first kappa shape index (κ1) is 15.3. The second-order valence-electron chi connectivity index (χ2n) is 6.66. The first-order valence-electron chi connectivity index (χ1n) is 8.33. The Morgan fingerprint density at radius 3 is 2.64 bits per heavy atom. The lowest BCUT2D eigenvalue weighted by molar-refractivity contribution is 0.0697. The number of nitrogens with zero attached hydrogens (tertiary/aromatic N) is 2. The van der Waals surface area contributed by atoms with Crippen LogP contribution in [-0.4, -0.2) is 46.1 Å². The Morgan fingerprint density at radius 1 is 1.27 bits per heavy atom.